The summed E-state index contributed by atoms with van der Waals surface area (Å²) in [6, 6.07) is 7.87. The molecule has 2 heterocycles. The molecule has 164 valence electrons. The maximum atomic E-state index is 13.3. The van der Waals surface area contributed by atoms with E-state index in [1.807, 2.05) is 23.3 Å². The van der Waals surface area contributed by atoms with Crippen molar-refractivity contribution in [3.05, 3.63) is 52.5 Å². The number of rotatable bonds is 6. The summed E-state index contributed by atoms with van der Waals surface area (Å²) < 4.78 is 20.0. The van der Waals surface area contributed by atoms with Crippen LogP contribution >= 0.6 is 0 Å². The van der Waals surface area contributed by atoms with Crippen molar-refractivity contribution in [1.82, 2.24) is 9.47 Å². The van der Waals surface area contributed by atoms with Gasteiger partial charge in [-0.25, -0.2) is 4.39 Å². The minimum atomic E-state index is -0.436. The third kappa shape index (κ3) is 4.94. The van der Waals surface area contributed by atoms with Crippen LogP contribution in [0.25, 0.3) is 0 Å². The van der Waals surface area contributed by atoms with Gasteiger partial charge in [-0.3, -0.25) is 14.5 Å². The van der Waals surface area contributed by atoms with E-state index < -0.39 is 6.04 Å². The molecule has 1 unspecified atom stereocenters. The number of hydrogen-bond acceptors (Lipinski definition) is 5. The molecule has 31 heavy (non-hydrogen) atoms. The molecule has 8 heteroatoms. The highest BCUT2D eigenvalue weighted by Crippen LogP contribution is 2.28. The number of nitriles is 1. The molecule has 0 spiro atoms. The van der Waals surface area contributed by atoms with Gasteiger partial charge in [0.15, 0.2) is 0 Å². The van der Waals surface area contributed by atoms with E-state index in [1.165, 1.54) is 19.2 Å². The third-order valence-electron chi connectivity index (χ3n) is 5.89. The number of methoxy groups -OCH3 is 1. The molecule has 1 aromatic carbocycles. The Morgan fingerprint density at radius 3 is 2.61 bits per heavy atom. The molecule has 1 aliphatic heterocycles. The number of amides is 1. The number of likely N-dealkylation sites (tertiary alicyclic amines) is 1. The van der Waals surface area contributed by atoms with Crippen molar-refractivity contribution >= 4 is 17.7 Å². The van der Waals surface area contributed by atoms with Crippen LogP contribution in [0.2, 0.25) is 0 Å². The summed E-state index contributed by atoms with van der Waals surface area (Å²) in [5, 5.41) is 12.6. The number of piperidine rings is 1. The average molecular weight is 426 g/mol. The van der Waals surface area contributed by atoms with Crippen molar-refractivity contribution in [3.8, 4) is 6.07 Å². The Morgan fingerprint density at radius 2 is 1.97 bits per heavy atom. The van der Waals surface area contributed by atoms with Crippen LogP contribution in [-0.2, 0) is 20.9 Å². The number of esters is 1. The van der Waals surface area contributed by atoms with Gasteiger partial charge in [-0.2, -0.15) is 5.26 Å². The minimum Gasteiger partial charge on any atom is -0.468 e. The number of nitrogens with zero attached hydrogens (tertiary/aromatic N) is 3. The van der Waals surface area contributed by atoms with Gasteiger partial charge in [0.25, 0.3) is 0 Å². The molecule has 0 bridgehead atoms. The fraction of sp³-hybridized carbons (Fsp3) is 0.435. The predicted molar refractivity (Wildman–Crippen MR) is 114 cm³/mol. The lowest BCUT2D eigenvalue weighted by Crippen LogP contribution is -2.48. The molecule has 1 amide bonds. The highest BCUT2D eigenvalue weighted by molar-refractivity contribution is 5.93. The number of hydrogen-bond donors (Lipinski definition) is 1. The molecule has 1 fully saturated rings. The van der Waals surface area contributed by atoms with E-state index in [4.69, 9.17) is 4.74 Å². The van der Waals surface area contributed by atoms with Crippen LogP contribution in [-0.4, -0.2) is 47.6 Å². The SMILES string of the molecule is COC(=O)C1CCCCN1CC(=O)Nc1c(C#N)c(C)c(C)n1Cc1ccc(F)cc1. The van der Waals surface area contributed by atoms with Crippen molar-refractivity contribution in [1.29, 1.82) is 5.26 Å². The maximum Gasteiger partial charge on any atom is 0.323 e. The van der Waals surface area contributed by atoms with Crippen LogP contribution in [0.4, 0.5) is 10.2 Å². The Morgan fingerprint density at radius 1 is 1.26 bits per heavy atom. The van der Waals surface area contributed by atoms with E-state index in [9.17, 15) is 19.2 Å². The van der Waals surface area contributed by atoms with Crippen LogP contribution in [0.1, 0.15) is 41.6 Å². The topological polar surface area (TPSA) is 87.4 Å². The smallest absolute Gasteiger partial charge is 0.323 e. The van der Waals surface area contributed by atoms with Gasteiger partial charge in [-0.15, -0.1) is 0 Å². The van der Waals surface area contributed by atoms with Crippen LogP contribution in [0, 0.1) is 31.0 Å². The maximum absolute atomic E-state index is 13.3. The predicted octanol–water partition coefficient (Wildman–Crippen LogP) is 3.13. The van der Waals surface area contributed by atoms with Crippen LogP contribution in [0.3, 0.4) is 0 Å². The molecule has 1 N–H and O–H groups in total. The van der Waals surface area contributed by atoms with Gasteiger partial charge < -0.3 is 14.6 Å². The molecule has 0 saturated carbocycles. The van der Waals surface area contributed by atoms with Gasteiger partial charge in [0, 0.05) is 12.2 Å². The minimum absolute atomic E-state index is 0.0322. The monoisotopic (exact) mass is 426 g/mol. The van der Waals surface area contributed by atoms with E-state index in [-0.39, 0.29) is 24.2 Å². The lowest BCUT2D eigenvalue weighted by molar-refractivity contribution is -0.148. The second kappa shape index (κ2) is 9.75. The van der Waals surface area contributed by atoms with Gasteiger partial charge in [0.05, 0.1) is 19.2 Å². The zero-order chi connectivity index (χ0) is 22.5. The molecular weight excluding hydrogens is 399 g/mol. The van der Waals surface area contributed by atoms with Crippen molar-refractivity contribution < 1.29 is 18.7 Å². The summed E-state index contributed by atoms with van der Waals surface area (Å²) >= 11 is 0. The standard InChI is InChI=1S/C23H27FN4O3/c1-15-16(2)28(13-17-7-9-18(24)10-8-17)22(19(15)12-25)26-21(29)14-27-11-5-4-6-20(27)23(30)31-3/h7-10,20H,4-6,11,13-14H2,1-3H3,(H,26,29). The van der Waals surface area contributed by atoms with E-state index >= 15 is 0 Å². The first-order valence-electron chi connectivity index (χ1n) is 10.3. The summed E-state index contributed by atoms with van der Waals surface area (Å²) in [7, 11) is 1.35. The van der Waals surface area contributed by atoms with Crippen molar-refractivity contribution in [2.45, 2.75) is 45.7 Å². The van der Waals surface area contributed by atoms with Crippen LogP contribution < -0.4 is 5.32 Å². The van der Waals surface area contributed by atoms with E-state index in [2.05, 4.69) is 11.4 Å². The van der Waals surface area contributed by atoms with Crippen molar-refractivity contribution in [2.24, 2.45) is 0 Å². The molecule has 7 nitrogen and oxygen atoms in total. The molecule has 0 radical (unpaired) electrons. The lowest BCUT2D eigenvalue weighted by atomic mass is 10.0. The number of aromatic nitrogens is 1. The number of carbonyl (C=O) groups excluding carboxylic acids is 2. The Hall–Kier alpha value is -3.18. The fourth-order valence-corrected chi connectivity index (χ4v) is 4.04. The first-order valence-corrected chi connectivity index (χ1v) is 10.3. The highest BCUT2D eigenvalue weighted by atomic mass is 19.1. The van der Waals surface area contributed by atoms with Gasteiger partial charge in [-0.1, -0.05) is 18.6 Å². The summed E-state index contributed by atoms with van der Waals surface area (Å²) in [6.45, 7) is 4.77. The Balaban J connectivity index is 1.83. The van der Waals surface area contributed by atoms with Crippen LogP contribution in [0.15, 0.2) is 24.3 Å². The summed E-state index contributed by atoms with van der Waals surface area (Å²) in [4.78, 5) is 26.8. The highest BCUT2D eigenvalue weighted by Gasteiger charge is 2.31. The third-order valence-corrected chi connectivity index (χ3v) is 5.89. The van der Waals surface area contributed by atoms with Gasteiger partial charge in [0.1, 0.15) is 23.7 Å². The zero-order valence-corrected chi connectivity index (χ0v) is 18.1. The van der Waals surface area contributed by atoms with Gasteiger partial charge in [0.2, 0.25) is 5.91 Å². The first-order chi connectivity index (χ1) is 14.8. The molecule has 1 aliphatic rings. The van der Waals surface area contributed by atoms with Gasteiger partial charge in [-0.05, 0) is 56.5 Å². The lowest BCUT2D eigenvalue weighted by Gasteiger charge is -2.33. The molecule has 2 aromatic rings. The first kappa shape index (κ1) is 22.5. The normalized spacial score (nSPS) is 16.5. The Labute approximate surface area is 181 Å². The Kier molecular flexibility index (Phi) is 7.08. The number of nitrogens with one attached hydrogen (secondary N) is 1. The Bertz CT molecular complexity index is 1010. The van der Waals surface area contributed by atoms with E-state index in [0.717, 1.165) is 29.7 Å². The van der Waals surface area contributed by atoms with E-state index in [0.29, 0.717) is 30.9 Å². The summed E-state index contributed by atoms with van der Waals surface area (Å²) in [6.07, 6.45) is 2.47. The zero-order valence-electron chi connectivity index (χ0n) is 18.1. The number of benzene rings is 1. The average Bonchev–Trinajstić information content (AvgIpc) is 2.98. The molecular formula is C23H27FN4O3. The quantitative estimate of drug-likeness (QED) is 0.717. The molecule has 1 atom stereocenters. The molecule has 3 rings (SSSR count). The van der Waals surface area contributed by atoms with Crippen molar-refractivity contribution in [3.63, 3.8) is 0 Å². The van der Waals surface area contributed by atoms with Crippen molar-refractivity contribution in [2.75, 3.05) is 25.5 Å². The van der Waals surface area contributed by atoms with E-state index in [1.54, 1.807) is 12.1 Å². The molecule has 0 aliphatic carbocycles. The molecule has 1 aromatic heterocycles. The second-order valence-corrected chi connectivity index (χ2v) is 7.81. The summed E-state index contributed by atoms with van der Waals surface area (Å²) in [5.74, 6) is -0.544. The van der Waals surface area contributed by atoms with Gasteiger partial charge >= 0.3 is 5.97 Å². The number of halogens is 1. The second-order valence-electron chi connectivity index (χ2n) is 7.81. The summed E-state index contributed by atoms with van der Waals surface area (Å²) in [5.41, 5.74) is 2.88. The number of ether oxygens (including phenoxy) is 1. The largest absolute Gasteiger partial charge is 0.468 e. The van der Waals surface area contributed by atoms with Crippen LogP contribution in [0.5, 0.6) is 0 Å². The fourth-order valence-electron chi connectivity index (χ4n) is 4.04. The molecule has 1 saturated heterocycles. The number of carbonyl (C=O) groups is 2. The number of anilines is 1.